The Morgan fingerprint density at radius 1 is 1.44 bits per heavy atom. The van der Waals surface area contributed by atoms with Gasteiger partial charge in [-0.05, 0) is 17.7 Å². The molecule has 0 aliphatic rings. The summed E-state index contributed by atoms with van der Waals surface area (Å²) in [5, 5.41) is 24.4. The maximum absolute atomic E-state index is 12.3. The number of halogens is 2. The number of rotatable bonds is 6. The number of anilines is 1. The molecule has 0 atom stereocenters. The zero-order valence-corrected chi connectivity index (χ0v) is 15.2. The molecular weight excluding hydrogens is 401 g/mol. The normalized spacial score (nSPS) is 10.6. The highest BCUT2D eigenvalue weighted by molar-refractivity contribution is 6.35. The number of nitro groups is 1. The first-order chi connectivity index (χ1) is 12.9. The predicted octanol–water partition coefficient (Wildman–Crippen LogP) is 2.53. The van der Waals surface area contributed by atoms with Crippen molar-refractivity contribution < 1.29 is 14.5 Å². The summed E-state index contributed by atoms with van der Waals surface area (Å²) in [6, 6.07) is 5.03. The van der Waals surface area contributed by atoms with Gasteiger partial charge >= 0.3 is 11.6 Å². The van der Waals surface area contributed by atoms with Crippen molar-refractivity contribution in [3.63, 3.8) is 0 Å². The molecule has 0 radical (unpaired) electrons. The Morgan fingerprint density at radius 2 is 2.22 bits per heavy atom. The average Bonchev–Trinajstić information content (AvgIpc) is 3.23. The Bertz CT molecular complexity index is 1020. The van der Waals surface area contributed by atoms with Crippen LogP contribution in [0.15, 0.2) is 24.5 Å². The van der Waals surface area contributed by atoms with Crippen LogP contribution >= 0.6 is 23.2 Å². The highest BCUT2D eigenvalue weighted by atomic mass is 35.5. The summed E-state index contributed by atoms with van der Waals surface area (Å²) in [5.41, 5.74) is -0.214. The van der Waals surface area contributed by atoms with Gasteiger partial charge in [0.25, 0.3) is 5.91 Å². The van der Waals surface area contributed by atoms with E-state index < -0.39 is 16.5 Å². The first-order valence-corrected chi connectivity index (χ1v) is 8.06. The third-order valence-corrected chi connectivity index (χ3v) is 4.01. The molecule has 1 aromatic carbocycles. The monoisotopic (exact) mass is 411 g/mol. The van der Waals surface area contributed by atoms with Crippen LogP contribution in [0, 0.1) is 10.1 Å². The number of amides is 1. The molecule has 13 heteroatoms. The summed E-state index contributed by atoms with van der Waals surface area (Å²) in [6.45, 7) is 0.289. The van der Waals surface area contributed by atoms with Crippen molar-refractivity contribution >= 4 is 40.7 Å². The first-order valence-electron chi connectivity index (χ1n) is 7.30. The molecule has 11 nitrogen and oxygen atoms in total. The Morgan fingerprint density at radius 3 is 2.89 bits per heavy atom. The van der Waals surface area contributed by atoms with Crippen molar-refractivity contribution in [3.8, 4) is 5.88 Å². The van der Waals surface area contributed by atoms with E-state index in [0.29, 0.717) is 10.0 Å². The SMILES string of the molecule is COc1n[nH]c(C(=O)Nc2ncn(Cc3ccc(Cl)cc3Cl)n2)c1[N+](=O)[O-]. The second-order valence-corrected chi connectivity index (χ2v) is 6.01. The van der Waals surface area contributed by atoms with Gasteiger partial charge in [-0.2, -0.15) is 0 Å². The quantitative estimate of drug-likeness (QED) is 0.468. The van der Waals surface area contributed by atoms with Crippen molar-refractivity contribution in [2.45, 2.75) is 6.54 Å². The maximum atomic E-state index is 12.3. The van der Waals surface area contributed by atoms with E-state index in [0.717, 1.165) is 5.56 Å². The van der Waals surface area contributed by atoms with Gasteiger partial charge in [-0.15, -0.1) is 10.2 Å². The van der Waals surface area contributed by atoms with Crippen molar-refractivity contribution in [1.29, 1.82) is 0 Å². The van der Waals surface area contributed by atoms with Gasteiger partial charge in [0.1, 0.15) is 6.33 Å². The summed E-state index contributed by atoms with van der Waals surface area (Å²) in [7, 11) is 1.20. The number of methoxy groups -OCH3 is 1. The smallest absolute Gasteiger partial charge is 0.362 e. The molecule has 2 heterocycles. The summed E-state index contributed by atoms with van der Waals surface area (Å²) < 4.78 is 6.19. The number of hydrogen-bond donors (Lipinski definition) is 2. The van der Waals surface area contributed by atoms with Crippen LogP contribution in [0.2, 0.25) is 10.0 Å². The van der Waals surface area contributed by atoms with Crippen LogP contribution in [-0.2, 0) is 6.54 Å². The van der Waals surface area contributed by atoms with Gasteiger partial charge in [0, 0.05) is 10.0 Å². The highest BCUT2D eigenvalue weighted by Crippen LogP contribution is 2.28. The Balaban J connectivity index is 1.75. The number of nitrogens with zero attached hydrogens (tertiary/aromatic N) is 5. The molecule has 2 N–H and O–H groups in total. The number of carbonyl (C=O) groups excluding carboxylic acids is 1. The fourth-order valence-corrected chi connectivity index (χ4v) is 2.67. The number of H-pyrrole nitrogens is 1. The number of hydrogen-bond acceptors (Lipinski definition) is 7. The van der Waals surface area contributed by atoms with Crippen LogP contribution < -0.4 is 10.1 Å². The van der Waals surface area contributed by atoms with E-state index in [9.17, 15) is 14.9 Å². The number of carbonyl (C=O) groups is 1. The lowest BCUT2D eigenvalue weighted by molar-refractivity contribution is -0.386. The van der Waals surface area contributed by atoms with Crippen LogP contribution in [0.1, 0.15) is 16.1 Å². The molecule has 0 aliphatic carbocycles. The van der Waals surface area contributed by atoms with Gasteiger partial charge in [0.2, 0.25) is 11.6 Å². The third kappa shape index (κ3) is 3.99. The highest BCUT2D eigenvalue weighted by Gasteiger charge is 2.30. The molecule has 27 heavy (non-hydrogen) atoms. The minimum absolute atomic E-state index is 0.0482. The molecule has 1 amide bonds. The van der Waals surface area contributed by atoms with E-state index in [2.05, 4.69) is 25.6 Å². The molecule has 140 valence electrons. The number of aromatic amines is 1. The van der Waals surface area contributed by atoms with Crippen LogP contribution in [0.3, 0.4) is 0 Å². The lowest BCUT2D eigenvalue weighted by atomic mass is 10.2. The van der Waals surface area contributed by atoms with E-state index in [1.165, 1.54) is 18.1 Å². The molecule has 2 aromatic heterocycles. The lowest BCUT2D eigenvalue weighted by Gasteiger charge is -2.04. The molecule has 0 unspecified atom stereocenters. The van der Waals surface area contributed by atoms with Gasteiger partial charge < -0.3 is 4.74 Å². The Kier molecular flexibility index (Phi) is 5.23. The molecule has 3 aromatic rings. The van der Waals surface area contributed by atoms with Gasteiger partial charge in [-0.1, -0.05) is 29.3 Å². The standard InChI is InChI=1S/C14H11Cl2N7O4/c1-27-13-11(23(25)26)10(19-20-13)12(24)18-14-17-6-22(21-14)5-7-2-3-8(15)4-9(7)16/h2-4,6H,5H2,1H3,(H,19,20)(H,18,21,24). The molecule has 0 bridgehead atoms. The third-order valence-electron chi connectivity index (χ3n) is 3.42. The number of aromatic nitrogens is 5. The summed E-state index contributed by atoms with van der Waals surface area (Å²) in [6.07, 6.45) is 1.38. The van der Waals surface area contributed by atoms with Gasteiger partial charge in [-0.25, -0.2) is 9.67 Å². The van der Waals surface area contributed by atoms with Crippen LogP contribution in [0.5, 0.6) is 5.88 Å². The second kappa shape index (κ2) is 7.60. The summed E-state index contributed by atoms with van der Waals surface area (Å²) in [4.78, 5) is 26.5. The molecule has 0 spiro atoms. The topological polar surface area (TPSA) is 141 Å². The summed E-state index contributed by atoms with van der Waals surface area (Å²) >= 11 is 12.0. The maximum Gasteiger partial charge on any atom is 0.362 e. The average molecular weight is 412 g/mol. The zero-order chi connectivity index (χ0) is 19.6. The van der Waals surface area contributed by atoms with E-state index >= 15 is 0 Å². The second-order valence-electron chi connectivity index (χ2n) is 5.17. The molecule has 0 saturated heterocycles. The van der Waals surface area contributed by atoms with E-state index in [4.69, 9.17) is 27.9 Å². The van der Waals surface area contributed by atoms with Crippen molar-refractivity contribution in [2.75, 3.05) is 12.4 Å². The molecule has 0 fully saturated rings. The summed E-state index contributed by atoms with van der Waals surface area (Å²) in [5.74, 6) is -1.19. The predicted molar refractivity (Wildman–Crippen MR) is 95.3 cm³/mol. The minimum atomic E-state index is -0.834. The largest absolute Gasteiger partial charge is 0.475 e. The van der Waals surface area contributed by atoms with Crippen molar-refractivity contribution in [2.24, 2.45) is 0 Å². The molecule has 0 aliphatic heterocycles. The molecule has 0 saturated carbocycles. The number of ether oxygens (including phenoxy) is 1. The zero-order valence-electron chi connectivity index (χ0n) is 13.6. The van der Waals surface area contributed by atoms with Gasteiger partial charge in [0.15, 0.2) is 0 Å². The van der Waals surface area contributed by atoms with Crippen LogP contribution in [-0.4, -0.2) is 42.9 Å². The van der Waals surface area contributed by atoms with Crippen LogP contribution in [0.4, 0.5) is 11.6 Å². The Labute approximate surface area is 161 Å². The van der Waals surface area contributed by atoms with Crippen LogP contribution in [0.25, 0.3) is 0 Å². The minimum Gasteiger partial charge on any atom is -0.475 e. The van der Waals surface area contributed by atoms with Crippen molar-refractivity contribution in [1.82, 2.24) is 25.0 Å². The van der Waals surface area contributed by atoms with Gasteiger partial charge in [-0.3, -0.25) is 25.3 Å². The fourth-order valence-electron chi connectivity index (χ4n) is 2.21. The lowest BCUT2D eigenvalue weighted by Crippen LogP contribution is -2.15. The number of benzene rings is 1. The van der Waals surface area contributed by atoms with Gasteiger partial charge in [0.05, 0.1) is 18.6 Å². The number of nitrogens with one attached hydrogen (secondary N) is 2. The fraction of sp³-hybridized carbons (Fsp3) is 0.143. The first kappa shape index (κ1) is 18.6. The van der Waals surface area contributed by atoms with E-state index in [1.807, 2.05) is 0 Å². The van der Waals surface area contributed by atoms with E-state index in [1.54, 1.807) is 18.2 Å². The molecule has 3 rings (SSSR count). The Hall–Kier alpha value is -3.18. The van der Waals surface area contributed by atoms with Crippen molar-refractivity contribution in [3.05, 3.63) is 55.9 Å². The molecular formula is C14H11Cl2N7O4. The van der Waals surface area contributed by atoms with E-state index in [-0.39, 0.29) is 24.1 Å².